The lowest BCUT2D eigenvalue weighted by molar-refractivity contribution is -0.111. The Balaban J connectivity index is 1.59. The quantitative estimate of drug-likeness (QED) is 0.295. The molecule has 4 rings (SSSR count). The van der Waals surface area contributed by atoms with Gasteiger partial charge in [-0.2, -0.15) is 9.97 Å². The van der Waals surface area contributed by atoms with E-state index in [0.717, 1.165) is 12.6 Å². The lowest BCUT2D eigenvalue weighted by Gasteiger charge is -2.11. The molecule has 0 saturated carbocycles. The molecule has 1 amide bonds. The van der Waals surface area contributed by atoms with Crippen molar-refractivity contribution in [2.45, 2.75) is 0 Å². The van der Waals surface area contributed by atoms with Gasteiger partial charge in [-0.25, -0.2) is 9.07 Å². The van der Waals surface area contributed by atoms with Crippen molar-refractivity contribution in [3.05, 3.63) is 55.0 Å². The summed E-state index contributed by atoms with van der Waals surface area (Å²) in [6.45, 7) is 4.61. The third-order valence-electron chi connectivity index (χ3n) is 4.88. The number of aromatic amines is 1. The van der Waals surface area contributed by atoms with Crippen molar-refractivity contribution in [3.63, 3.8) is 0 Å². The first-order chi connectivity index (χ1) is 16.8. The largest absolute Gasteiger partial charge is 0.475 e. The maximum absolute atomic E-state index is 15.0. The van der Waals surface area contributed by atoms with Gasteiger partial charge in [0.2, 0.25) is 23.6 Å². The van der Waals surface area contributed by atoms with E-state index < -0.39 is 11.7 Å². The molecule has 0 atom stereocenters. The minimum absolute atomic E-state index is 0.0400. The Morgan fingerprint density at radius 1 is 1.31 bits per heavy atom. The van der Waals surface area contributed by atoms with Crippen molar-refractivity contribution < 1.29 is 18.7 Å². The van der Waals surface area contributed by atoms with E-state index in [0.29, 0.717) is 29.3 Å². The number of rotatable bonds is 10. The summed E-state index contributed by atoms with van der Waals surface area (Å²) >= 11 is 0. The summed E-state index contributed by atoms with van der Waals surface area (Å²) in [6.07, 6.45) is 2.73. The number of fused-ring (bicyclic) bond motifs is 1. The number of aromatic nitrogens is 5. The van der Waals surface area contributed by atoms with E-state index in [1.807, 2.05) is 19.0 Å². The maximum atomic E-state index is 15.0. The molecule has 3 N–H and O–H groups in total. The molecule has 11 nitrogen and oxygen atoms in total. The number of halogens is 1. The Morgan fingerprint density at radius 2 is 2.14 bits per heavy atom. The van der Waals surface area contributed by atoms with E-state index in [4.69, 9.17) is 9.47 Å². The van der Waals surface area contributed by atoms with E-state index in [-0.39, 0.29) is 23.3 Å². The number of amides is 1. The van der Waals surface area contributed by atoms with Crippen LogP contribution in [0.1, 0.15) is 0 Å². The number of carbonyl (C=O) groups is 1. The van der Waals surface area contributed by atoms with Crippen LogP contribution in [0.5, 0.6) is 17.5 Å². The zero-order valence-corrected chi connectivity index (χ0v) is 19.5. The molecule has 0 radical (unpaired) electrons. The Labute approximate surface area is 200 Å². The first-order valence-electron chi connectivity index (χ1n) is 10.7. The van der Waals surface area contributed by atoms with Crippen LogP contribution in [-0.4, -0.2) is 62.8 Å². The molecule has 0 saturated heterocycles. The molecule has 3 heterocycles. The van der Waals surface area contributed by atoms with Crippen LogP contribution in [0.15, 0.2) is 49.2 Å². The SMILES string of the molecule is C=CC(=O)Nc1cccc(Oc2nc(Nc3cc(OCCN(C)C)nn3C)nc3[nH]ccc23)c1F. The number of carbonyl (C=O) groups excluding carboxylic acids is 1. The summed E-state index contributed by atoms with van der Waals surface area (Å²) in [5, 5.41) is 10.4. The number of nitrogens with zero attached hydrogens (tertiary/aromatic N) is 5. The average Bonchev–Trinajstić information content (AvgIpc) is 3.42. The molecule has 12 heteroatoms. The van der Waals surface area contributed by atoms with Gasteiger partial charge in [0.25, 0.3) is 0 Å². The van der Waals surface area contributed by atoms with Crippen LogP contribution in [0.3, 0.4) is 0 Å². The Morgan fingerprint density at radius 3 is 2.91 bits per heavy atom. The van der Waals surface area contributed by atoms with Gasteiger partial charge in [0.05, 0.1) is 11.1 Å². The van der Waals surface area contributed by atoms with Crippen molar-refractivity contribution in [2.75, 3.05) is 37.9 Å². The van der Waals surface area contributed by atoms with Crippen molar-refractivity contribution in [1.29, 1.82) is 0 Å². The predicted molar refractivity (Wildman–Crippen MR) is 130 cm³/mol. The van der Waals surface area contributed by atoms with Crippen molar-refractivity contribution in [3.8, 4) is 17.5 Å². The summed E-state index contributed by atoms with van der Waals surface area (Å²) < 4.78 is 28.0. The fourth-order valence-corrected chi connectivity index (χ4v) is 3.10. The molecular weight excluding hydrogens is 455 g/mol. The number of benzene rings is 1. The maximum Gasteiger partial charge on any atom is 0.247 e. The standard InChI is InChI=1S/C23H25FN8O3/c1-5-18(33)26-15-7-6-8-16(20(15)24)35-22-14-9-10-25-21(14)28-23(29-22)27-17-13-19(30-32(17)4)34-12-11-31(2)3/h5-10,13H,1,11-12H2,2-4H3,(H,26,33)(H2,25,27,28,29). The first kappa shape index (κ1) is 23.7. The molecule has 0 fully saturated rings. The number of anilines is 3. The fourth-order valence-electron chi connectivity index (χ4n) is 3.10. The average molecular weight is 481 g/mol. The zero-order valence-electron chi connectivity index (χ0n) is 19.5. The van der Waals surface area contributed by atoms with Gasteiger partial charge in [-0.1, -0.05) is 12.6 Å². The summed E-state index contributed by atoms with van der Waals surface area (Å²) in [5.74, 6) is -0.0360. The molecule has 35 heavy (non-hydrogen) atoms. The number of nitrogens with one attached hydrogen (secondary N) is 3. The van der Waals surface area contributed by atoms with Crippen LogP contribution in [-0.2, 0) is 11.8 Å². The monoisotopic (exact) mass is 480 g/mol. The molecule has 0 aliphatic rings. The molecule has 0 spiro atoms. The third kappa shape index (κ3) is 5.55. The molecule has 182 valence electrons. The fraction of sp³-hybridized carbons (Fsp3) is 0.217. The molecular formula is C23H25FN8O3. The Kier molecular flexibility index (Phi) is 6.92. The van der Waals surface area contributed by atoms with E-state index >= 15 is 0 Å². The number of hydrogen-bond acceptors (Lipinski definition) is 8. The van der Waals surface area contributed by atoms with Crippen LogP contribution in [0.25, 0.3) is 11.0 Å². The number of H-pyrrole nitrogens is 1. The van der Waals surface area contributed by atoms with Gasteiger partial charge in [-0.3, -0.25) is 4.79 Å². The van der Waals surface area contributed by atoms with Crippen LogP contribution in [0.2, 0.25) is 0 Å². The minimum Gasteiger partial charge on any atom is -0.475 e. The summed E-state index contributed by atoms with van der Waals surface area (Å²) in [4.78, 5) is 25.5. The second-order valence-electron chi connectivity index (χ2n) is 7.77. The minimum atomic E-state index is -0.745. The summed E-state index contributed by atoms with van der Waals surface area (Å²) in [6, 6.07) is 7.85. The van der Waals surface area contributed by atoms with Gasteiger partial charge in [-0.05, 0) is 38.4 Å². The van der Waals surface area contributed by atoms with Gasteiger partial charge in [0.15, 0.2) is 11.6 Å². The van der Waals surface area contributed by atoms with Crippen molar-refractivity contribution in [2.24, 2.45) is 7.05 Å². The van der Waals surface area contributed by atoms with Gasteiger partial charge in [0, 0.05) is 25.9 Å². The number of hydrogen-bond donors (Lipinski definition) is 3. The van der Waals surface area contributed by atoms with Gasteiger partial charge < -0.3 is 30.0 Å². The van der Waals surface area contributed by atoms with E-state index in [2.05, 4.69) is 37.3 Å². The summed E-state index contributed by atoms with van der Waals surface area (Å²) in [7, 11) is 5.67. The van der Waals surface area contributed by atoms with Crippen LogP contribution >= 0.6 is 0 Å². The molecule has 0 aliphatic heterocycles. The van der Waals surface area contributed by atoms with Crippen LogP contribution in [0.4, 0.5) is 21.8 Å². The van der Waals surface area contributed by atoms with Crippen LogP contribution in [0, 0.1) is 5.82 Å². The van der Waals surface area contributed by atoms with E-state index in [1.54, 1.807) is 36.1 Å². The van der Waals surface area contributed by atoms with E-state index in [1.165, 1.54) is 12.1 Å². The van der Waals surface area contributed by atoms with Gasteiger partial charge in [-0.15, -0.1) is 5.10 Å². The molecule has 3 aromatic heterocycles. The Hall–Kier alpha value is -4.45. The molecule has 0 unspecified atom stereocenters. The normalized spacial score (nSPS) is 11.0. The number of ether oxygens (including phenoxy) is 2. The number of aryl methyl sites for hydroxylation is 1. The second-order valence-corrected chi connectivity index (χ2v) is 7.77. The molecule has 4 aromatic rings. The number of likely N-dealkylation sites (N-methyl/N-ethyl adjacent to an activating group) is 1. The van der Waals surface area contributed by atoms with Crippen molar-refractivity contribution >= 4 is 34.4 Å². The van der Waals surface area contributed by atoms with Crippen molar-refractivity contribution in [1.82, 2.24) is 29.6 Å². The lowest BCUT2D eigenvalue weighted by atomic mass is 10.2. The molecule has 0 aliphatic carbocycles. The Bertz CT molecular complexity index is 1360. The van der Waals surface area contributed by atoms with E-state index in [9.17, 15) is 9.18 Å². The smallest absolute Gasteiger partial charge is 0.247 e. The highest BCUT2D eigenvalue weighted by Crippen LogP contribution is 2.33. The predicted octanol–water partition coefficient (Wildman–Crippen LogP) is 3.43. The summed E-state index contributed by atoms with van der Waals surface area (Å²) in [5.41, 5.74) is 0.445. The van der Waals surface area contributed by atoms with Gasteiger partial charge in [0.1, 0.15) is 18.1 Å². The third-order valence-corrected chi connectivity index (χ3v) is 4.88. The highest BCUT2D eigenvalue weighted by molar-refractivity contribution is 5.99. The first-order valence-corrected chi connectivity index (χ1v) is 10.7. The van der Waals surface area contributed by atoms with Gasteiger partial charge >= 0.3 is 0 Å². The second kappa shape index (κ2) is 10.2. The lowest BCUT2D eigenvalue weighted by Crippen LogP contribution is -2.19. The zero-order chi connectivity index (χ0) is 24.9. The topological polar surface area (TPSA) is 122 Å². The molecule has 0 bridgehead atoms. The molecule has 1 aromatic carbocycles. The highest BCUT2D eigenvalue weighted by atomic mass is 19.1. The highest BCUT2D eigenvalue weighted by Gasteiger charge is 2.17. The van der Waals surface area contributed by atoms with Crippen LogP contribution < -0.4 is 20.1 Å².